The molecule has 0 aromatic heterocycles. The number of benzene rings is 2. The zero-order valence-electron chi connectivity index (χ0n) is 10.1. The second kappa shape index (κ2) is 4.09. The van der Waals surface area contributed by atoms with Gasteiger partial charge in [0.15, 0.2) is 0 Å². The summed E-state index contributed by atoms with van der Waals surface area (Å²) in [5, 5.41) is 2.54. The molecule has 0 aliphatic rings. The second-order valence-electron chi connectivity index (χ2n) is 5.04. The molecule has 0 unspecified atom stereocenters. The third kappa shape index (κ3) is 2.69. The summed E-state index contributed by atoms with van der Waals surface area (Å²) in [6.07, 6.45) is 1.95. The molecule has 1 heteroatoms. The molecule has 0 saturated carbocycles. The van der Waals surface area contributed by atoms with Crippen molar-refractivity contribution in [2.75, 3.05) is 0 Å². The predicted molar refractivity (Wildman–Crippen MR) is 71.3 cm³/mol. The molecule has 0 N–H and O–H groups in total. The van der Waals surface area contributed by atoms with E-state index in [4.69, 9.17) is 0 Å². The highest BCUT2D eigenvalue weighted by atomic mass is 14.8. The maximum atomic E-state index is 4.51. The number of rotatable bonds is 1. The SMILES string of the molecule is CC(C)(C)N=Cc1ccc2ccccc2c1. The third-order valence-corrected chi connectivity index (χ3v) is 2.37. The summed E-state index contributed by atoms with van der Waals surface area (Å²) in [7, 11) is 0. The van der Waals surface area contributed by atoms with E-state index in [1.54, 1.807) is 0 Å². The van der Waals surface area contributed by atoms with E-state index in [2.05, 4.69) is 68.2 Å². The van der Waals surface area contributed by atoms with Crippen molar-refractivity contribution in [3.05, 3.63) is 48.0 Å². The molecule has 0 heterocycles. The minimum Gasteiger partial charge on any atom is -0.287 e. The first-order valence-electron chi connectivity index (χ1n) is 5.59. The lowest BCUT2D eigenvalue weighted by Gasteiger charge is -2.10. The van der Waals surface area contributed by atoms with Gasteiger partial charge < -0.3 is 0 Å². The fraction of sp³-hybridized carbons (Fsp3) is 0.267. The summed E-state index contributed by atoms with van der Waals surface area (Å²) < 4.78 is 0. The van der Waals surface area contributed by atoms with Gasteiger partial charge in [0.1, 0.15) is 0 Å². The Kier molecular flexibility index (Phi) is 2.78. The average molecular weight is 211 g/mol. The van der Waals surface area contributed by atoms with Gasteiger partial charge in [0.2, 0.25) is 0 Å². The molecular weight excluding hydrogens is 194 g/mol. The standard InChI is InChI=1S/C15H17N/c1-15(2,3)16-11-12-8-9-13-6-4-5-7-14(13)10-12/h4-11H,1-3H3. The molecule has 0 radical (unpaired) electrons. The van der Waals surface area contributed by atoms with Gasteiger partial charge in [-0.05, 0) is 43.2 Å². The Morgan fingerprint density at radius 3 is 2.31 bits per heavy atom. The Balaban J connectivity index is 2.37. The van der Waals surface area contributed by atoms with Crippen LogP contribution in [0.15, 0.2) is 47.5 Å². The summed E-state index contributed by atoms with van der Waals surface area (Å²) in [5.41, 5.74) is 1.15. The second-order valence-corrected chi connectivity index (χ2v) is 5.04. The van der Waals surface area contributed by atoms with E-state index < -0.39 is 0 Å². The van der Waals surface area contributed by atoms with Crippen LogP contribution in [0.25, 0.3) is 10.8 Å². The Labute approximate surface area is 96.8 Å². The van der Waals surface area contributed by atoms with E-state index in [0.29, 0.717) is 0 Å². The van der Waals surface area contributed by atoms with Gasteiger partial charge in [-0.2, -0.15) is 0 Å². The van der Waals surface area contributed by atoms with Crippen molar-refractivity contribution in [2.24, 2.45) is 4.99 Å². The lowest BCUT2D eigenvalue weighted by molar-refractivity contribution is 0.586. The summed E-state index contributed by atoms with van der Waals surface area (Å²) in [6, 6.07) is 14.8. The first-order chi connectivity index (χ1) is 7.54. The first-order valence-corrected chi connectivity index (χ1v) is 5.59. The van der Waals surface area contributed by atoms with Crippen LogP contribution in [0.4, 0.5) is 0 Å². The number of hydrogen-bond acceptors (Lipinski definition) is 1. The van der Waals surface area contributed by atoms with Gasteiger partial charge in [-0.1, -0.05) is 36.4 Å². The smallest absolute Gasteiger partial charge is 0.0524 e. The van der Waals surface area contributed by atoms with Crippen molar-refractivity contribution >= 4 is 17.0 Å². The minimum atomic E-state index is -0.00829. The van der Waals surface area contributed by atoms with Gasteiger partial charge in [0, 0.05) is 6.21 Å². The quantitative estimate of drug-likeness (QED) is 0.631. The maximum Gasteiger partial charge on any atom is 0.0524 e. The molecule has 0 atom stereocenters. The van der Waals surface area contributed by atoms with Crippen molar-refractivity contribution in [3.8, 4) is 0 Å². The Morgan fingerprint density at radius 2 is 1.62 bits per heavy atom. The van der Waals surface area contributed by atoms with E-state index in [1.165, 1.54) is 10.8 Å². The van der Waals surface area contributed by atoms with Crippen LogP contribution in [0.5, 0.6) is 0 Å². The maximum absolute atomic E-state index is 4.51. The highest BCUT2D eigenvalue weighted by Crippen LogP contribution is 2.15. The van der Waals surface area contributed by atoms with Gasteiger partial charge in [0.05, 0.1) is 5.54 Å². The van der Waals surface area contributed by atoms with Crippen molar-refractivity contribution < 1.29 is 0 Å². The van der Waals surface area contributed by atoms with Gasteiger partial charge in [-0.15, -0.1) is 0 Å². The predicted octanol–water partition coefficient (Wildman–Crippen LogP) is 4.06. The van der Waals surface area contributed by atoms with Crippen molar-refractivity contribution in [1.82, 2.24) is 0 Å². The van der Waals surface area contributed by atoms with Gasteiger partial charge in [0.25, 0.3) is 0 Å². The highest BCUT2D eigenvalue weighted by Gasteiger charge is 2.04. The molecule has 0 bridgehead atoms. The fourth-order valence-corrected chi connectivity index (χ4v) is 1.56. The zero-order valence-corrected chi connectivity index (χ0v) is 10.1. The number of fused-ring (bicyclic) bond motifs is 1. The van der Waals surface area contributed by atoms with E-state index in [9.17, 15) is 0 Å². The molecule has 0 spiro atoms. The summed E-state index contributed by atoms with van der Waals surface area (Å²) in [4.78, 5) is 4.51. The monoisotopic (exact) mass is 211 g/mol. The van der Waals surface area contributed by atoms with Gasteiger partial charge in [-0.25, -0.2) is 0 Å². The van der Waals surface area contributed by atoms with E-state index in [1.807, 2.05) is 6.21 Å². The van der Waals surface area contributed by atoms with Gasteiger partial charge >= 0.3 is 0 Å². The molecule has 16 heavy (non-hydrogen) atoms. The van der Waals surface area contributed by atoms with Crippen LogP contribution in [0, 0.1) is 0 Å². The highest BCUT2D eigenvalue weighted by molar-refractivity contribution is 5.90. The van der Waals surface area contributed by atoms with E-state index >= 15 is 0 Å². The number of nitrogens with zero attached hydrogens (tertiary/aromatic N) is 1. The van der Waals surface area contributed by atoms with Crippen molar-refractivity contribution in [1.29, 1.82) is 0 Å². The van der Waals surface area contributed by atoms with Crippen molar-refractivity contribution in [3.63, 3.8) is 0 Å². The van der Waals surface area contributed by atoms with Crippen LogP contribution in [0.3, 0.4) is 0 Å². The van der Waals surface area contributed by atoms with E-state index in [-0.39, 0.29) is 5.54 Å². The Bertz CT molecular complexity index is 518. The molecular formula is C15H17N. The van der Waals surface area contributed by atoms with Crippen LogP contribution in [-0.4, -0.2) is 11.8 Å². The lowest BCUT2D eigenvalue weighted by Crippen LogP contribution is -2.09. The van der Waals surface area contributed by atoms with Crippen LogP contribution >= 0.6 is 0 Å². The molecule has 0 saturated heterocycles. The first kappa shape index (κ1) is 10.9. The Morgan fingerprint density at radius 1 is 0.938 bits per heavy atom. The molecule has 2 aromatic carbocycles. The summed E-state index contributed by atoms with van der Waals surface area (Å²) in [5.74, 6) is 0. The van der Waals surface area contributed by atoms with Crippen LogP contribution < -0.4 is 0 Å². The van der Waals surface area contributed by atoms with Crippen LogP contribution in [0.2, 0.25) is 0 Å². The Hall–Kier alpha value is -1.63. The molecule has 0 aliphatic heterocycles. The summed E-state index contributed by atoms with van der Waals surface area (Å²) in [6.45, 7) is 6.31. The van der Waals surface area contributed by atoms with Gasteiger partial charge in [-0.3, -0.25) is 4.99 Å². The topological polar surface area (TPSA) is 12.4 Å². The molecule has 2 rings (SSSR count). The number of hydrogen-bond donors (Lipinski definition) is 0. The zero-order chi connectivity index (χ0) is 11.6. The third-order valence-electron chi connectivity index (χ3n) is 2.37. The largest absolute Gasteiger partial charge is 0.287 e. The fourth-order valence-electron chi connectivity index (χ4n) is 1.56. The normalized spacial score (nSPS) is 12.4. The molecule has 0 amide bonds. The minimum absolute atomic E-state index is 0.00829. The average Bonchev–Trinajstić information content (AvgIpc) is 2.25. The molecule has 2 aromatic rings. The number of aliphatic imine (C=N–C) groups is 1. The molecule has 0 aliphatic carbocycles. The lowest BCUT2D eigenvalue weighted by atomic mass is 10.1. The molecule has 82 valence electrons. The van der Waals surface area contributed by atoms with Crippen molar-refractivity contribution in [2.45, 2.75) is 26.3 Å². The van der Waals surface area contributed by atoms with E-state index in [0.717, 1.165) is 5.56 Å². The summed E-state index contributed by atoms with van der Waals surface area (Å²) >= 11 is 0. The van der Waals surface area contributed by atoms with Crippen LogP contribution in [0.1, 0.15) is 26.3 Å². The molecule has 1 nitrogen and oxygen atoms in total. The molecule has 0 fully saturated rings. The van der Waals surface area contributed by atoms with Crippen LogP contribution in [-0.2, 0) is 0 Å².